The minimum absolute atomic E-state index is 0.0225. The van der Waals surface area contributed by atoms with Crippen molar-refractivity contribution in [2.24, 2.45) is 0 Å². The fourth-order valence-corrected chi connectivity index (χ4v) is 4.02. The van der Waals surface area contributed by atoms with Gasteiger partial charge in [0.1, 0.15) is 4.90 Å². The number of rotatable bonds is 10. The molecular formula is C14H28N4O2S. The Labute approximate surface area is 128 Å². The highest BCUT2D eigenvalue weighted by molar-refractivity contribution is 7.89. The molecule has 1 unspecified atom stereocenters. The summed E-state index contributed by atoms with van der Waals surface area (Å²) in [7, 11) is -3.53. The van der Waals surface area contributed by atoms with Crippen molar-refractivity contribution in [2.75, 3.05) is 6.54 Å². The average Bonchev–Trinajstić information content (AvgIpc) is 2.80. The summed E-state index contributed by atoms with van der Waals surface area (Å²) in [5.74, 6) is 0. The van der Waals surface area contributed by atoms with Crippen molar-refractivity contribution in [3.8, 4) is 0 Å². The number of aromatic amines is 1. The smallest absolute Gasteiger partial charge is 0.244 e. The fraction of sp³-hybridized carbons (Fsp3) is 0.786. The summed E-state index contributed by atoms with van der Waals surface area (Å²) in [6, 6.07) is -0.0225. The Hall–Kier alpha value is -0.920. The van der Waals surface area contributed by atoms with Gasteiger partial charge in [0.05, 0.1) is 11.4 Å². The molecule has 6 nitrogen and oxygen atoms in total. The number of aryl methyl sites for hydroxylation is 1. The second-order valence-electron chi connectivity index (χ2n) is 5.32. The maximum Gasteiger partial charge on any atom is 0.244 e. The van der Waals surface area contributed by atoms with E-state index in [0.717, 1.165) is 32.2 Å². The van der Waals surface area contributed by atoms with Crippen molar-refractivity contribution in [1.29, 1.82) is 0 Å². The number of sulfonamides is 1. The van der Waals surface area contributed by atoms with Crippen LogP contribution in [0.5, 0.6) is 0 Å². The molecule has 0 aliphatic heterocycles. The zero-order valence-corrected chi connectivity index (χ0v) is 14.3. The lowest BCUT2D eigenvalue weighted by Gasteiger charge is -2.16. The van der Waals surface area contributed by atoms with Gasteiger partial charge < -0.3 is 5.32 Å². The summed E-state index contributed by atoms with van der Waals surface area (Å²) in [6.07, 6.45) is 3.58. The SMILES string of the molecule is CCCNCc1n[nH]c(C)c1S(=O)(=O)NC(CC)CCC. The van der Waals surface area contributed by atoms with Gasteiger partial charge in [-0.1, -0.05) is 27.2 Å². The van der Waals surface area contributed by atoms with Crippen LogP contribution in [0.4, 0.5) is 0 Å². The average molecular weight is 316 g/mol. The van der Waals surface area contributed by atoms with Crippen molar-refractivity contribution in [1.82, 2.24) is 20.2 Å². The highest BCUT2D eigenvalue weighted by Gasteiger charge is 2.26. The minimum Gasteiger partial charge on any atom is -0.311 e. The first-order chi connectivity index (χ1) is 9.96. The number of nitrogens with one attached hydrogen (secondary N) is 3. The van der Waals surface area contributed by atoms with Gasteiger partial charge in [0.25, 0.3) is 0 Å². The molecule has 1 atom stereocenters. The van der Waals surface area contributed by atoms with Crippen LogP contribution in [0.3, 0.4) is 0 Å². The summed E-state index contributed by atoms with van der Waals surface area (Å²) in [5.41, 5.74) is 1.14. The monoisotopic (exact) mass is 316 g/mol. The molecule has 0 aromatic carbocycles. The molecule has 1 rings (SSSR count). The maximum absolute atomic E-state index is 12.6. The van der Waals surface area contributed by atoms with Crippen molar-refractivity contribution >= 4 is 10.0 Å². The number of nitrogens with zero attached hydrogens (tertiary/aromatic N) is 1. The van der Waals surface area contributed by atoms with Gasteiger partial charge in [0, 0.05) is 12.6 Å². The molecule has 0 bridgehead atoms. The third-order valence-electron chi connectivity index (χ3n) is 3.40. The van der Waals surface area contributed by atoms with E-state index in [1.165, 1.54) is 0 Å². The molecule has 1 aromatic heterocycles. The molecule has 0 aliphatic carbocycles. The lowest BCUT2D eigenvalue weighted by Crippen LogP contribution is -2.35. The van der Waals surface area contributed by atoms with Gasteiger partial charge in [-0.3, -0.25) is 5.10 Å². The van der Waals surface area contributed by atoms with Crippen molar-refractivity contribution in [2.45, 2.75) is 70.9 Å². The molecule has 1 aromatic rings. The molecule has 1 heterocycles. The van der Waals surface area contributed by atoms with Crippen LogP contribution >= 0.6 is 0 Å². The zero-order chi connectivity index (χ0) is 15.9. The Bertz CT molecular complexity index is 525. The Morgan fingerprint density at radius 1 is 1.24 bits per heavy atom. The summed E-state index contributed by atoms with van der Waals surface area (Å²) < 4.78 is 28.0. The second-order valence-corrected chi connectivity index (χ2v) is 6.97. The molecule has 3 N–H and O–H groups in total. The lowest BCUT2D eigenvalue weighted by atomic mass is 10.1. The first-order valence-electron chi connectivity index (χ1n) is 7.73. The summed E-state index contributed by atoms with van der Waals surface area (Å²) in [6.45, 7) is 9.16. The molecule has 0 saturated heterocycles. The van der Waals surface area contributed by atoms with E-state index in [0.29, 0.717) is 22.8 Å². The molecule has 0 saturated carbocycles. The molecule has 122 valence electrons. The molecule has 0 fully saturated rings. The van der Waals surface area contributed by atoms with E-state index in [1.807, 2.05) is 6.92 Å². The van der Waals surface area contributed by atoms with Gasteiger partial charge in [-0.05, 0) is 32.7 Å². The topological polar surface area (TPSA) is 86.9 Å². The zero-order valence-electron chi connectivity index (χ0n) is 13.5. The predicted molar refractivity (Wildman–Crippen MR) is 84.6 cm³/mol. The Morgan fingerprint density at radius 3 is 2.52 bits per heavy atom. The number of aromatic nitrogens is 2. The molecule has 0 amide bonds. The van der Waals surface area contributed by atoms with Crippen molar-refractivity contribution < 1.29 is 8.42 Å². The standard InChI is InChI=1S/C14H28N4O2S/c1-5-8-12(7-3)18-21(19,20)14-11(4)16-17-13(14)10-15-9-6-2/h12,15,18H,5-10H2,1-4H3,(H,16,17). The van der Waals surface area contributed by atoms with E-state index < -0.39 is 10.0 Å². The highest BCUT2D eigenvalue weighted by atomic mass is 32.2. The van der Waals surface area contributed by atoms with E-state index in [1.54, 1.807) is 6.92 Å². The third-order valence-corrected chi connectivity index (χ3v) is 5.12. The van der Waals surface area contributed by atoms with Gasteiger partial charge in [0.2, 0.25) is 10.0 Å². The van der Waals surface area contributed by atoms with Crippen LogP contribution in [-0.4, -0.2) is 31.2 Å². The minimum atomic E-state index is -3.53. The van der Waals surface area contributed by atoms with E-state index >= 15 is 0 Å². The van der Waals surface area contributed by atoms with Crippen molar-refractivity contribution in [3.63, 3.8) is 0 Å². The second kappa shape index (κ2) is 8.51. The lowest BCUT2D eigenvalue weighted by molar-refractivity contribution is 0.511. The number of H-pyrrole nitrogens is 1. The van der Waals surface area contributed by atoms with E-state index in [-0.39, 0.29) is 6.04 Å². The predicted octanol–water partition coefficient (Wildman–Crippen LogP) is 2.07. The Balaban J connectivity index is 2.93. The summed E-state index contributed by atoms with van der Waals surface area (Å²) in [4.78, 5) is 0.292. The van der Waals surface area contributed by atoms with E-state index in [9.17, 15) is 8.42 Å². The molecule has 0 spiro atoms. The number of hydrogen-bond acceptors (Lipinski definition) is 4. The highest BCUT2D eigenvalue weighted by Crippen LogP contribution is 2.19. The van der Waals surface area contributed by atoms with Crippen LogP contribution in [0.1, 0.15) is 57.8 Å². The molecule has 21 heavy (non-hydrogen) atoms. The van der Waals surface area contributed by atoms with Crippen LogP contribution in [0, 0.1) is 6.92 Å². The van der Waals surface area contributed by atoms with E-state index in [4.69, 9.17) is 0 Å². The van der Waals surface area contributed by atoms with Gasteiger partial charge >= 0.3 is 0 Å². The van der Waals surface area contributed by atoms with Gasteiger partial charge in [0.15, 0.2) is 0 Å². The van der Waals surface area contributed by atoms with Gasteiger partial charge in [-0.2, -0.15) is 5.10 Å². The summed E-state index contributed by atoms with van der Waals surface area (Å²) >= 11 is 0. The normalized spacial score (nSPS) is 13.5. The molecule has 0 aliphatic rings. The Kier molecular flexibility index (Phi) is 7.34. The van der Waals surface area contributed by atoms with Crippen LogP contribution in [0.15, 0.2) is 4.90 Å². The van der Waals surface area contributed by atoms with Gasteiger partial charge in [-0.15, -0.1) is 0 Å². The first kappa shape index (κ1) is 18.1. The third kappa shape index (κ3) is 5.09. The van der Waals surface area contributed by atoms with Crippen LogP contribution in [0.25, 0.3) is 0 Å². The van der Waals surface area contributed by atoms with Crippen LogP contribution in [-0.2, 0) is 16.6 Å². The molecular weight excluding hydrogens is 288 g/mol. The van der Waals surface area contributed by atoms with Gasteiger partial charge in [-0.25, -0.2) is 13.1 Å². The fourth-order valence-electron chi connectivity index (χ4n) is 2.30. The van der Waals surface area contributed by atoms with Crippen LogP contribution in [0.2, 0.25) is 0 Å². The van der Waals surface area contributed by atoms with Crippen LogP contribution < -0.4 is 10.0 Å². The maximum atomic E-state index is 12.6. The summed E-state index contributed by atoms with van der Waals surface area (Å²) in [5, 5.41) is 10.1. The van der Waals surface area contributed by atoms with E-state index in [2.05, 4.69) is 34.1 Å². The number of hydrogen-bond donors (Lipinski definition) is 3. The Morgan fingerprint density at radius 2 is 1.95 bits per heavy atom. The quantitative estimate of drug-likeness (QED) is 0.577. The largest absolute Gasteiger partial charge is 0.311 e. The first-order valence-corrected chi connectivity index (χ1v) is 9.21. The van der Waals surface area contributed by atoms with Crippen molar-refractivity contribution in [3.05, 3.63) is 11.4 Å². The molecule has 0 radical (unpaired) electrons. The molecule has 7 heteroatoms.